The Hall–Kier alpha value is -2.65. The highest BCUT2D eigenvalue weighted by Crippen LogP contribution is 2.28. The van der Waals surface area contributed by atoms with Gasteiger partial charge in [-0.05, 0) is 23.6 Å². The van der Waals surface area contributed by atoms with Crippen molar-refractivity contribution in [1.29, 1.82) is 0 Å². The minimum Gasteiger partial charge on any atom is -0.379 e. The third-order valence-corrected chi connectivity index (χ3v) is 6.69. The number of ether oxygens (including phenoxy) is 1. The van der Waals surface area contributed by atoms with Gasteiger partial charge in [0, 0.05) is 30.4 Å². The van der Waals surface area contributed by atoms with Crippen molar-refractivity contribution in [3.05, 3.63) is 64.5 Å². The van der Waals surface area contributed by atoms with E-state index in [0.717, 1.165) is 60.0 Å². The molecule has 0 bridgehead atoms. The number of benzene rings is 1. The van der Waals surface area contributed by atoms with Crippen molar-refractivity contribution in [2.75, 3.05) is 31.6 Å². The Balaban J connectivity index is 1.39. The van der Waals surface area contributed by atoms with Gasteiger partial charge in [0.1, 0.15) is 0 Å². The number of amides is 1. The van der Waals surface area contributed by atoms with E-state index in [1.807, 2.05) is 53.2 Å². The highest BCUT2D eigenvalue weighted by Gasteiger charge is 2.17. The summed E-state index contributed by atoms with van der Waals surface area (Å²) in [6.07, 6.45) is 0. The van der Waals surface area contributed by atoms with Crippen LogP contribution in [0.3, 0.4) is 0 Å². The van der Waals surface area contributed by atoms with Crippen LogP contribution in [0.25, 0.3) is 21.5 Å². The molecule has 3 aromatic heterocycles. The number of nitrogens with one attached hydrogen (secondary N) is 1. The quantitative estimate of drug-likeness (QED) is 0.499. The van der Waals surface area contributed by atoms with Crippen LogP contribution in [-0.2, 0) is 11.3 Å². The molecule has 1 saturated heterocycles. The zero-order valence-electron chi connectivity index (χ0n) is 16.2. The lowest BCUT2D eigenvalue weighted by atomic mass is 10.1. The molecule has 0 saturated carbocycles. The van der Waals surface area contributed by atoms with Crippen molar-refractivity contribution in [3.63, 3.8) is 0 Å². The predicted octanol–water partition coefficient (Wildman–Crippen LogP) is 4.50. The van der Waals surface area contributed by atoms with Gasteiger partial charge in [-0.1, -0.05) is 24.3 Å². The van der Waals surface area contributed by atoms with Crippen LogP contribution < -0.4 is 5.32 Å². The van der Waals surface area contributed by atoms with Gasteiger partial charge in [-0.3, -0.25) is 15.0 Å². The summed E-state index contributed by atoms with van der Waals surface area (Å²) in [5, 5.41) is 8.45. The fourth-order valence-corrected chi connectivity index (χ4v) is 4.89. The second kappa shape index (κ2) is 8.61. The molecule has 0 unspecified atom stereocenters. The van der Waals surface area contributed by atoms with Gasteiger partial charge in [-0.2, -0.15) is 0 Å². The van der Waals surface area contributed by atoms with E-state index in [1.54, 1.807) is 11.3 Å². The van der Waals surface area contributed by atoms with E-state index in [-0.39, 0.29) is 5.91 Å². The third kappa shape index (κ3) is 4.13. The maximum atomic E-state index is 13.2. The molecule has 1 aliphatic rings. The Morgan fingerprint density at radius 1 is 1.10 bits per heavy atom. The maximum Gasteiger partial charge on any atom is 0.258 e. The van der Waals surface area contributed by atoms with Crippen molar-refractivity contribution in [2.24, 2.45) is 0 Å². The number of thiophene rings is 1. The summed E-state index contributed by atoms with van der Waals surface area (Å²) in [6.45, 7) is 4.11. The Kier molecular flexibility index (Phi) is 5.54. The van der Waals surface area contributed by atoms with Crippen LogP contribution in [0.1, 0.15) is 16.1 Å². The van der Waals surface area contributed by atoms with Gasteiger partial charge in [0.2, 0.25) is 0 Å². The highest BCUT2D eigenvalue weighted by molar-refractivity contribution is 7.14. The average molecular weight is 437 g/mol. The molecule has 1 N–H and O–H groups in total. The molecule has 0 atom stereocenters. The molecule has 0 radical (unpaired) electrons. The van der Waals surface area contributed by atoms with Gasteiger partial charge in [-0.15, -0.1) is 22.7 Å². The summed E-state index contributed by atoms with van der Waals surface area (Å²) in [5.41, 5.74) is 3.19. The van der Waals surface area contributed by atoms with E-state index in [4.69, 9.17) is 9.72 Å². The predicted molar refractivity (Wildman–Crippen MR) is 121 cm³/mol. The number of fused-ring (bicyclic) bond motifs is 1. The summed E-state index contributed by atoms with van der Waals surface area (Å²) in [6, 6.07) is 13.6. The molecule has 0 spiro atoms. The Bertz CT molecular complexity index is 1170. The first-order valence-electron chi connectivity index (χ1n) is 9.76. The van der Waals surface area contributed by atoms with Gasteiger partial charge < -0.3 is 4.74 Å². The third-order valence-electron chi connectivity index (χ3n) is 5.00. The summed E-state index contributed by atoms with van der Waals surface area (Å²) in [7, 11) is 0. The lowest BCUT2D eigenvalue weighted by Crippen LogP contribution is -2.35. The highest BCUT2D eigenvalue weighted by atomic mass is 32.1. The fourth-order valence-electron chi connectivity index (χ4n) is 3.50. The van der Waals surface area contributed by atoms with E-state index in [0.29, 0.717) is 10.7 Å². The number of carbonyl (C=O) groups excluding carboxylic acids is 1. The van der Waals surface area contributed by atoms with E-state index >= 15 is 0 Å². The Labute approximate surface area is 182 Å². The molecule has 1 amide bonds. The summed E-state index contributed by atoms with van der Waals surface area (Å²) in [4.78, 5) is 25.9. The van der Waals surface area contributed by atoms with Crippen LogP contribution in [0.5, 0.6) is 0 Å². The number of nitrogens with zero attached hydrogens (tertiary/aromatic N) is 3. The second-order valence-electron chi connectivity index (χ2n) is 7.04. The lowest BCUT2D eigenvalue weighted by molar-refractivity contribution is 0.0337. The van der Waals surface area contributed by atoms with Crippen molar-refractivity contribution >= 4 is 44.6 Å². The molecule has 6 nitrogen and oxygen atoms in total. The van der Waals surface area contributed by atoms with Crippen molar-refractivity contribution in [2.45, 2.75) is 6.54 Å². The number of hydrogen-bond donors (Lipinski definition) is 1. The van der Waals surface area contributed by atoms with Gasteiger partial charge in [0.25, 0.3) is 5.91 Å². The Morgan fingerprint density at radius 3 is 2.80 bits per heavy atom. The van der Waals surface area contributed by atoms with E-state index in [1.165, 1.54) is 11.3 Å². The minimum atomic E-state index is -0.168. The zero-order valence-corrected chi connectivity index (χ0v) is 17.8. The molecule has 4 heterocycles. The van der Waals surface area contributed by atoms with Crippen LogP contribution in [0.2, 0.25) is 0 Å². The molecule has 4 aromatic rings. The largest absolute Gasteiger partial charge is 0.379 e. The molecule has 152 valence electrons. The molecule has 5 rings (SSSR count). The van der Waals surface area contributed by atoms with Gasteiger partial charge in [0.15, 0.2) is 5.13 Å². The average Bonchev–Trinajstić information content (AvgIpc) is 3.46. The first kappa shape index (κ1) is 19.3. The molecule has 1 aliphatic heterocycles. The summed E-state index contributed by atoms with van der Waals surface area (Å²) in [5.74, 6) is -0.168. The first-order chi connectivity index (χ1) is 14.8. The van der Waals surface area contributed by atoms with E-state index in [2.05, 4.69) is 15.2 Å². The number of carbonyl (C=O) groups is 1. The van der Waals surface area contributed by atoms with Crippen molar-refractivity contribution in [3.8, 4) is 10.6 Å². The fraction of sp³-hybridized carbons (Fsp3) is 0.227. The van der Waals surface area contributed by atoms with E-state index in [9.17, 15) is 4.79 Å². The van der Waals surface area contributed by atoms with Gasteiger partial charge >= 0.3 is 0 Å². The van der Waals surface area contributed by atoms with Crippen LogP contribution in [0, 0.1) is 0 Å². The number of hydrogen-bond acceptors (Lipinski definition) is 7. The SMILES string of the molecule is O=C(Nc1nc(CN2CCOCC2)cs1)c1cc(-c2cccs2)nc2ccccc12. The van der Waals surface area contributed by atoms with Crippen molar-refractivity contribution < 1.29 is 9.53 Å². The van der Waals surface area contributed by atoms with Crippen LogP contribution in [0.15, 0.2) is 53.2 Å². The van der Waals surface area contributed by atoms with E-state index < -0.39 is 0 Å². The standard InChI is InChI=1S/C22H20N4O2S2/c27-21(25-22-23-15(14-30-22)13-26-7-9-28-10-8-26)17-12-19(20-6-3-11-29-20)24-18-5-2-1-4-16(17)18/h1-6,11-12,14H,7-10,13H2,(H,23,25,27). The number of aromatic nitrogens is 2. The minimum absolute atomic E-state index is 0.168. The summed E-state index contributed by atoms with van der Waals surface area (Å²) >= 11 is 3.06. The molecule has 0 aliphatic carbocycles. The molecule has 1 aromatic carbocycles. The summed E-state index contributed by atoms with van der Waals surface area (Å²) < 4.78 is 5.39. The van der Waals surface area contributed by atoms with Gasteiger partial charge in [0.05, 0.1) is 40.6 Å². The number of pyridine rings is 1. The number of morpholine rings is 1. The number of para-hydroxylation sites is 1. The van der Waals surface area contributed by atoms with Gasteiger partial charge in [-0.25, -0.2) is 9.97 Å². The number of rotatable bonds is 5. The molecule has 8 heteroatoms. The number of anilines is 1. The van der Waals surface area contributed by atoms with Crippen LogP contribution in [0.4, 0.5) is 5.13 Å². The lowest BCUT2D eigenvalue weighted by Gasteiger charge is -2.25. The normalized spacial score (nSPS) is 14.8. The molecule has 1 fully saturated rings. The Morgan fingerprint density at radius 2 is 1.97 bits per heavy atom. The monoisotopic (exact) mass is 436 g/mol. The smallest absolute Gasteiger partial charge is 0.258 e. The van der Waals surface area contributed by atoms with Crippen molar-refractivity contribution in [1.82, 2.24) is 14.9 Å². The molecular weight excluding hydrogens is 416 g/mol. The molecule has 30 heavy (non-hydrogen) atoms. The zero-order chi connectivity index (χ0) is 20.3. The number of thiazole rings is 1. The first-order valence-corrected chi connectivity index (χ1v) is 11.5. The topological polar surface area (TPSA) is 67.4 Å². The maximum absolute atomic E-state index is 13.2. The molecular formula is C22H20N4O2S2. The van der Waals surface area contributed by atoms with Crippen LogP contribution in [-0.4, -0.2) is 47.1 Å². The van der Waals surface area contributed by atoms with Crippen LogP contribution >= 0.6 is 22.7 Å². The second-order valence-corrected chi connectivity index (χ2v) is 8.84.